The number of anilines is 1. The van der Waals surface area contributed by atoms with Crippen LogP contribution in [0.4, 0.5) is 5.82 Å². The Bertz CT molecular complexity index is 343. The summed E-state index contributed by atoms with van der Waals surface area (Å²) in [6.45, 7) is 8.05. The monoisotopic (exact) mass is 219 g/mol. The SMILES string of the molecule is CNc1cccc(CN2CC(C(C)C)C2)n1. The predicted octanol–water partition coefficient (Wildman–Crippen LogP) is 2.21. The van der Waals surface area contributed by atoms with Gasteiger partial charge in [0.2, 0.25) is 0 Å². The Hall–Kier alpha value is -1.09. The summed E-state index contributed by atoms with van der Waals surface area (Å²) < 4.78 is 0. The molecule has 1 N–H and O–H groups in total. The molecule has 3 nitrogen and oxygen atoms in total. The molecule has 1 aromatic heterocycles. The van der Waals surface area contributed by atoms with Crippen molar-refractivity contribution in [3.8, 4) is 0 Å². The molecule has 0 aromatic carbocycles. The minimum atomic E-state index is 0.813. The highest BCUT2D eigenvalue weighted by Gasteiger charge is 2.28. The van der Waals surface area contributed by atoms with E-state index in [1.807, 2.05) is 13.1 Å². The van der Waals surface area contributed by atoms with Gasteiger partial charge >= 0.3 is 0 Å². The van der Waals surface area contributed by atoms with Gasteiger partial charge in [0, 0.05) is 26.7 Å². The Kier molecular flexibility index (Phi) is 3.44. The molecule has 0 atom stereocenters. The highest BCUT2D eigenvalue weighted by Crippen LogP contribution is 2.24. The van der Waals surface area contributed by atoms with Gasteiger partial charge < -0.3 is 5.32 Å². The van der Waals surface area contributed by atoms with Gasteiger partial charge in [0.15, 0.2) is 0 Å². The molecule has 2 heterocycles. The molecule has 0 spiro atoms. The third kappa shape index (κ3) is 2.53. The van der Waals surface area contributed by atoms with Crippen molar-refractivity contribution in [1.29, 1.82) is 0 Å². The van der Waals surface area contributed by atoms with E-state index in [-0.39, 0.29) is 0 Å². The summed E-state index contributed by atoms with van der Waals surface area (Å²) in [6, 6.07) is 6.16. The molecule has 0 aliphatic carbocycles. The van der Waals surface area contributed by atoms with Crippen LogP contribution >= 0.6 is 0 Å². The molecule has 0 bridgehead atoms. The lowest BCUT2D eigenvalue weighted by Gasteiger charge is -2.41. The molecule has 0 unspecified atom stereocenters. The Morgan fingerprint density at radius 2 is 2.19 bits per heavy atom. The topological polar surface area (TPSA) is 28.2 Å². The molecule has 0 saturated carbocycles. The molecule has 88 valence electrons. The first kappa shape index (κ1) is 11.4. The molecule has 1 saturated heterocycles. The highest BCUT2D eigenvalue weighted by molar-refractivity contribution is 5.34. The van der Waals surface area contributed by atoms with E-state index >= 15 is 0 Å². The minimum Gasteiger partial charge on any atom is -0.373 e. The zero-order chi connectivity index (χ0) is 11.5. The number of aromatic nitrogens is 1. The lowest BCUT2D eigenvalue weighted by Crippen LogP contribution is -2.48. The fraction of sp³-hybridized carbons (Fsp3) is 0.615. The van der Waals surface area contributed by atoms with Gasteiger partial charge in [0.05, 0.1) is 5.69 Å². The van der Waals surface area contributed by atoms with Crippen LogP contribution in [0.1, 0.15) is 19.5 Å². The molecule has 0 amide bonds. The van der Waals surface area contributed by atoms with Gasteiger partial charge in [-0.25, -0.2) is 4.98 Å². The number of likely N-dealkylation sites (tertiary alicyclic amines) is 1. The van der Waals surface area contributed by atoms with Crippen LogP contribution in [0.25, 0.3) is 0 Å². The maximum atomic E-state index is 4.53. The Morgan fingerprint density at radius 1 is 1.44 bits per heavy atom. The minimum absolute atomic E-state index is 0.813. The zero-order valence-electron chi connectivity index (χ0n) is 10.4. The van der Waals surface area contributed by atoms with Crippen molar-refractivity contribution in [1.82, 2.24) is 9.88 Å². The second-order valence-electron chi connectivity index (χ2n) is 4.96. The van der Waals surface area contributed by atoms with Gasteiger partial charge in [0.25, 0.3) is 0 Å². The van der Waals surface area contributed by atoms with Gasteiger partial charge in [-0.2, -0.15) is 0 Å². The Balaban J connectivity index is 1.86. The van der Waals surface area contributed by atoms with Crippen molar-refractivity contribution in [3.63, 3.8) is 0 Å². The second kappa shape index (κ2) is 4.83. The van der Waals surface area contributed by atoms with Crippen molar-refractivity contribution in [2.45, 2.75) is 20.4 Å². The van der Waals surface area contributed by atoms with Gasteiger partial charge in [-0.1, -0.05) is 19.9 Å². The van der Waals surface area contributed by atoms with Crippen molar-refractivity contribution in [2.75, 3.05) is 25.5 Å². The van der Waals surface area contributed by atoms with Crippen molar-refractivity contribution in [2.24, 2.45) is 11.8 Å². The molecule has 3 heteroatoms. The Morgan fingerprint density at radius 3 is 2.81 bits per heavy atom. The normalized spacial score (nSPS) is 17.5. The summed E-state index contributed by atoms with van der Waals surface area (Å²) in [4.78, 5) is 6.99. The van der Waals surface area contributed by atoms with Crippen LogP contribution in [-0.2, 0) is 6.54 Å². The van der Waals surface area contributed by atoms with Gasteiger partial charge in [-0.15, -0.1) is 0 Å². The van der Waals surface area contributed by atoms with Crippen LogP contribution in [0.2, 0.25) is 0 Å². The molecule has 2 rings (SSSR count). The summed E-state index contributed by atoms with van der Waals surface area (Å²) in [5.41, 5.74) is 1.16. The van der Waals surface area contributed by atoms with Crippen LogP contribution in [-0.4, -0.2) is 30.0 Å². The average Bonchev–Trinajstić information content (AvgIpc) is 2.22. The van der Waals surface area contributed by atoms with Crippen LogP contribution < -0.4 is 5.32 Å². The number of pyridine rings is 1. The maximum Gasteiger partial charge on any atom is 0.126 e. The lowest BCUT2D eigenvalue weighted by molar-refractivity contribution is 0.0603. The molecule has 1 aliphatic rings. The zero-order valence-corrected chi connectivity index (χ0v) is 10.4. The van der Waals surface area contributed by atoms with E-state index in [1.165, 1.54) is 13.1 Å². The van der Waals surface area contributed by atoms with Crippen LogP contribution in [0.3, 0.4) is 0 Å². The number of hydrogen-bond donors (Lipinski definition) is 1. The van der Waals surface area contributed by atoms with E-state index in [1.54, 1.807) is 0 Å². The summed E-state index contributed by atoms with van der Waals surface area (Å²) in [7, 11) is 1.91. The first-order valence-corrected chi connectivity index (χ1v) is 6.05. The van der Waals surface area contributed by atoms with Crippen LogP contribution in [0.15, 0.2) is 18.2 Å². The summed E-state index contributed by atoms with van der Waals surface area (Å²) >= 11 is 0. The van der Waals surface area contributed by atoms with Gasteiger partial charge in [0.1, 0.15) is 5.82 Å². The first-order chi connectivity index (χ1) is 7.69. The van der Waals surface area contributed by atoms with E-state index < -0.39 is 0 Å². The highest BCUT2D eigenvalue weighted by atomic mass is 15.2. The summed E-state index contributed by atoms with van der Waals surface area (Å²) in [5.74, 6) is 2.65. The predicted molar refractivity (Wildman–Crippen MR) is 67.4 cm³/mol. The number of hydrogen-bond acceptors (Lipinski definition) is 3. The quantitative estimate of drug-likeness (QED) is 0.841. The molecule has 1 aromatic rings. The molecule has 0 radical (unpaired) electrons. The van der Waals surface area contributed by atoms with Crippen LogP contribution in [0, 0.1) is 11.8 Å². The van der Waals surface area contributed by atoms with Gasteiger partial charge in [-0.3, -0.25) is 4.90 Å². The molecular weight excluding hydrogens is 198 g/mol. The molecule has 1 aliphatic heterocycles. The molecule has 16 heavy (non-hydrogen) atoms. The number of rotatable bonds is 4. The summed E-state index contributed by atoms with van der Waals surface area (Å²) in [6.07, 6.45) is 0. The smallest absolute Gasteiger partial charge is 0.126 e. The van der Waals surface area contributed by atoms with Crippen molar-refractivity contribution >= 4 is 5.82 Å². The van der Waals surface area contributed by atoms with E-state index in [4.69, 9.17) is 0 Å². The average molecular weight is 219 g/mol. The van der Waals surface area contributed by atoms with E-state index in [2.05, 4.69) is 41.2 Å². The standard InChI is InChI=1S/C13H21N3/c1-10(2)11-7-16(8-11)9-12-5-4-6-13(14-3)15-12/h4-6,10-11H,7-9H2,1-3H3,(H,14,15). The fourth-order valence-corrected chi connectivity index (χ4v) is 2.10. The van der Waals surface area contributed by atoms with Gasteiger partial charge in [-0.05, 0) is 24.0 Å². The number of nitrogens with one attached hydrogen (secondary N) is 1. The van der Waals surface area contributed by atoms with E-state index in [9.17, 15) is 0 Å². The Labute approximate surface area is 97.9 Å². The van der Waals surface area contributed by atoms with Crippen LogP contribution in [0.5, 0.6) is 0 Å². The third-order valence-corrected chi connectivity index (χ3v) is 3.38. The summed E-state index contributed by atoms with van der Waals surface area (Å²) in [5, 5.41) is 3.07. The van der Waals surface area contributed by atoms with E-state index in [0.29, 0.717) is 0 Å². The molecular formula is C13H21N3. The third-order valence-electron chi connectivity index (χ3n) is 3.38. The maximum absolute atomic E-state index is 4.53. The first-order valence-electron chi connectivity index (χ1n) is 6.05. The fourth-order valence-electron chi connectivity index (χ4n) is 2.10. The second-order valence-corrected chi connectivity index (χ2v) is 4.96. The lowest BCUT2D eigenvalue weighted by atomic mass is 9.88. The van der Waals surface area contributed by atoms with Crippen molar-refractivity contribution in [3.05, 3.63) is 23.9 Å². The van der Waals surface area contributed by atoms with E-state index in [0.717, 1.165) is 29.9 Å². The number of nitrogens with zero attached hydrogens (tertiary/aromatic N) is 2. The molecule has 1 fully saturated rings. The van der Waals surface area contributed by atoms with Crippen molar-refractivity contribution < 1.29 is 0 Å². The largest absolute Gasteiger partial charge is 0.373 e.